The molecule has 1 atom stereocenters. The Balaban J connectivity index is 1.69. The van der Waals surface area contributed by atoms with Crippen molar-refractivity contribution < 1.29 is 14.4 Å². The molecule has 4 amide bonds. The van der Waals surface area contributed by atoms with Crippen molar-refractivity contribution in [3.05, 3.63) is 59.6 Å². The van der Waals surface area contributed by atoms with Gasteiger partial charge in [0.25, 0.3) is 11.8 Å². The summed E-state index contributed by atoms with van der Waals surface area (Å²) in [6.45, 7) is 3.42. The lowest BCUT2D eigenvalue weighted by Gasteiger charge is -2.19. The Morgan fingerprint density at radius 2 is 1.97 bits per heavy atom. The number of nitrogens with one attached hydrogen (secondary N) is 2. The van der Waals surface area contributed by atoms with Crippen LogP contribution in [0, 0.1) is 0 Å². The number of nitrogens with zero attached hydrogens (tertiary/aromatic N) is 3. The van der Waals surface area contributed by atoms with E-state index in [1.54, 1.807) is 19.9 Å². The van der Waals surface area contributed by atoms with Crippen molar-refractivity contribution in [1.29, 1.82) is 0 Å². The predicted molar refractivity (Wildman–Crippen MR) is 108 cm³/mol. The summed E-state index contributed by atoms with van der Waals surface area (Å²) in [5, 5.41) is 9.84. The molecule has 0 bridgehead atoms. The zero-order valence-corrected chi connectivity index (χ0v) is 16.7. The van der Waals surface area contributed by atoms with Crippen molar-refractivity contribution >= 4 is 29.2 Å². The average molecular weight is 409 g/mol. The second-order valence-electron chi connectivity index (χ2n) is 6.84. The van der Waals surface area contributed by atoms with Gasteiger partial charge in [0, 0.05) is 0 Å². The van der Waals surface area contributed by atoms with E-state index < -0.39 is 23.4 Å². The van der Waals surface area contributed by atoms with E-state index in [1.807, 2.05) is 47.8 Å². The number of para-hydroxylation sites is 1. The van der Waals surface area contributed by atoms with Crippen LogP contribution in [0.25, 0.3) is 16.3 Å². The molecule has 1 aliphatic heterocycles. The second-order valence-corrected chi connectivity index (χ2v) is 7.78. The van der Waals surface area contributed by atoms with Gasteiger partial charge in [-0.25, -0.2) is 9.48 Å². The fourth-order valence-corrected chi connectivity index (χ4v) is 3.72. The number of carbonyl (C=O) groups is 3. The Kier molecular flexibility index (Phi) is 4.67. The molecular formula is C20H19N5O3S. The Labute approximate surface area is 171 Å². The summed E-state index contributed by atoms with van der Waals surface area (Å²) in [7, 11) is 0. The van der Waals surface area contributed by atoms with Gasteiger partial charge in [-0.1, -0.05) is 31.2 Å². The van der Waals surface area contributed by atoms with Crippen molar-refractivity contribution in [2.45, 2.75) is 25.8 Å². The van der Waals surface area contributed by atoms with Gasteiger partial charge in [-0.3, -0.25) is 15.0 Å². The molecule has 2 N–H and O–H groups in total. The van der Waals surface area contributed by atoms with Gasteiger partial charge in [0.1, 0.15) is 16.9 Å². The SMILES string of the molecule is CC[C@]1(C)NC(=O)N(NC(=O)c2cc(-c3cccs3)nn2-c2ccccc2)C1=O. The topological polar surface area (TPSA) is 96.3 Å². The summed E-state index contributed by atoms with van der Waals surface area (Å²) < 4.78 is 1.50. The Bertz CT molecular complexity index is 1080. The molecule has 0 saturated carbocycles. The van der Waals surface area contributed by atoms with Crippen molar-refractivity contribution in [3.63, 3.8) is 0 Å². The van der Waals surface area contributed by atoms with Gasteiger partial charge in [0.05, 0.1) is 10.6 Å². The fraction of sp³-hybridized carbons (Fsp3) is 0.200. The molecular weight excluding hydrogens is 390 g/mol. The first kappa shape index (κ1) is 18.9. The molecule has 148 valence electrons. The zero-order chi connectivity index (χ0) is 20.6. The summed E-state index contributed by atoms with van der Waals surface area (Å²) in [5.74, 6) is -1.10. The predicted octanol–water partition coefficient (Wildman–Crippen LogP) is 2.97. The molecule has 9 heteroatoms. The number of aromatic nitrogens is 2. The van der Waals surface area contributed by atoms with Crippen LogP contribution in [0.3, 0.4) is 0 Å². The van der Waals surface area contributed by atoms with Gasteiger partial charge in [-0.2, -0.15) is 10.1 Å². The van der Waals surface area contributed by atoms with E-state index in [9.17, 15) is 14.4 Å². The van der Waals surface area contributed by atoms with E-state index in [0.29, 0.717) is 17.8 Å². The third-order valence-electron chi connectivity index (χ3n) is 4.90. The van der Waals surface area contributed by atoms with Crippen LogP contribution < -0.4 is 10.7 Å². The maximum absolute atomic E-state index is 13.0. The lowest BCUT2D eigenvalue weighted by molar-refractivity contribution is -0.132. The number of benzene rings is 1. The Morgan fingerprint density at radius 3 is 2.59 bits per heavy atom. The van der Waals surface area contributed by atoms with E-state index in [-0.39, 0.29) is 5.69 Å². The summed E-state index contributed by atoms with van der Waals surface area (Å²) in [6.07, 6.45) is 0.411. The molecule has 8 nitrogen and oxygen atoms in total. The van der Waals surface area contributed by atoms with Crippen LogP contribution in [0.1, 0.15) is 30.8 Å². The van der Waals surface area contributed by atoms with E-state index in [0.717, 1.165) is 9.89 Å². The van der Waals surface area contributed by atoms with Crippen LogP contribution >= 0.6 is 11.3 Å². The number of hydrogen-bond donors (Lipinski definition) is 2. The summed E-state index contributed by atoms with van der Waals surface area (Å²) in [6, 6.07) is 14.0. The third kappa shape index (κ3) is 3.29. The van der Waals surface area contributed by atoms with Gasteiger partial charge >= 0.3 is 6.03 Å². The molecule has 4 rings (SSSR count). The highest BCUT2D eigenvalue weighted by atomic mass is 32.1. The summed E-state index contributed by atoms with van der Waals surface area (Å²) in [4.78, 5) is 38.8. The van der Waals surface area contributed by atoms with Crippen LogP contribution in [-0.2, 0) is 4.79 Å². The Hall–Kier alpha value is -3.46. The normalized spacial score (nSPS) is 18.8. The van der Waals surface area contributed by atoms with E-state index in [1.165, 1.54) is 16.0 Å². The highest BCUT2D eigenvalue weighted by Gasteiger charge is 2.47. The number of amides is 4. The van der Waals surface area contributed by atoms with Gasteiger partial charge in [-0.15, -0.1) is 11.3 Å². The quantitative estimate of drug-likeness (QED) is 0.633. The van der Waals surface area contributed by atoms with Crippen LogP contribution in [-0.4, -0.2) is 38.2 Å². The number of urea groups is 1. The highest BCUT2D eigenvalue weighted by Crippen LogP contribution is 2.26. The van der Waals surface area contributed by atoms with Crippen molar-refractivity contribution in [2.24, 2.45) is 0 Å². The first-order valence-electron chi connectivity index (χ1n) is 9.10. The lowest BCUT2D eigenvalue weighted by Crippen LogP contribution is -2.48. The minimum Gasteiger partial charge on any atom is -0.322 e. The fourth-order valence-electron chi connectivity index (χ4n) is 3.04. The van der Waals surface area contributed by atoms with Crippen molar-refractivity contribution in [1.82, 2.24) is 25.5 Å². The lowest BCUT2D eigenvalue weighted by atomic mass is 10.00. The monoisotopic (exact) mass is 409 g/mol. The largest absolute Gasteiger partial charge is 0.344 e. The average Bonchev–Trinajstić information content (AvgIpc) is 3.44. The van der Waals surface area contributed by atoms with Crippen LogP contribution in [0.2, 0.25) is 0 Å². The molecule has 1 aliphatic rings. The Morgan fingerprint density at radius 1 is 1.21 bits per heavy atom. The first-order valence-corrected chi connectivity index (χ1v) is 9.98. The maximum Gasteiger partial charge on any atom is 0.344 e. The van der Waals surface area contributed by atoms with Crippen LogP contribution in [0.4, 0.5) is 4.79 Å². The third-order valence-corrected chi connectivity index (χ3v) is 5.79. The van der Waals surface area contributed by atoms with Gasteiger partial charge in [0.2, 0.25) is 0 Å². The van der Waals surface area contributed by atoms with Gasteiger partial charge in [0.15, 0.2) is 0 Å². The molecule has 1 aromatic carbocycles. The van der Waals surface area contributed by atoms with Crippen LogP contribution in [0.5, 0.6) is 0 Å². The minimum atomic E-state index is -1.04. The number of carbonyl (C=O) groups excluding carboxylic acids is 3. The number of thiophene rings is 1. The van der Waals surface area contributed by atoms with E-state index in [4.69, 9.17) is 0 Å². The van der Waals surface area contributed by atoms with Crippen molar-refractivity contribution in [3.8, 4) is 16.3 Å². The van der Waals surface area contributed by atoms with E-state index in [2.05, 4.69) is 15.8 Å². The molecule has 0 spiro atoms. The van der Waals surface area contributed by atoms with E-state index >= 15 is 0 Å². The summed E-state index contributed by atoms with van der Waals surface area (Å²) >= 11 is 1.51. The van der Waals surface area contributed by atoms with Gasteiger partial charge < -0.3 is 5.32 Å². The zero-order valence-electron chi connectivity index (χ0n) is 15.9. The van der Waals surface area contributed by atoms with Gasteiger partial charge in [-0.05, 0) is 43.0 Å². The molecule has 1 fully saturated rings. The van der Waals surface area contributed by atoms with Crippen LogP contribution in [0.15, 0.2) is 53.9 Å². The molecule has 0 radical (unpaired) electrons. The second kappa shape index (κ2) is 7.17. The van der Waals surface area contributed by atoms with Crippen molar-refractivity contribution in [2.75, 3.05) is 0 Å². The molecule has 1 saturated heterocycles. The molecule has 0 unspecified atom stereocenters. The molecule has 29 heavy (non-hydrogen) atoms. The highest BCUT2D eigenvalue weighted by molar-refractivity contribution is 7.13. The molecule has 0 aliphatic carbocycles. The number of rotatable bonds is 5. The number of hydrazine groups is 1. The first-order chi connectivity index (χ1) is 13.9. The summed E-state index contributed by atoms with van der Waals surface area (Å²) in [5.41, 5.74) is 2.93. The molecule has 3 aromatic rings. The number of imide groups is 1. The molecule has 2 aromatic heterocycles. The standard InChI is InChI=1S/C20H19N5O3S/c1-3-20(2)18(27)25(19(28)21-20)23-17(26)15-12-14(16-10-7-11-29-16)22-24(15)13-8-5-4-6-9-13/h4-12H,3H2,1-2H3,(H,21,28)(H,23,26)/t20-/m0/s1. The maximum atomic E-state index is 13.0. The number of hydrogen-bond acceptors (Lipinski definition) is 5. The smallest absolute Gasteiger partial charge is 0.322 e. The molecule has 3 heterocycles. The minimum absolute atomic E-state index is 0.213.